The first-order chi connectivity index (χ1) is 15.9. The molecule has 1 saturated heterocycles. The molecule has 0 atom stereocenters. The van der Waals surface area contributed by atoms with Crippen molar-refractivity contribution < 1.29 is 23.4 Å². The summed E-state index contributed by atoms with van der Waals surface area (Å²) in [7, 11) is 1.59. The highest BCUT2D eigenvalue weighted by Crippen LogP contribution is 2.27. The molecule has 1 fully saturated rings. The highest BCUT2D eigenvalue weighted by molar-refractivity contribution is 5.68. The number of carbonyl (C=O) groups is 1. The van der Waals surface area contributed by atoms with E-state index in [1.165, 1.54) is 6.33 Å². The monoisotopic (exact) mass is 462 g/mol. The van der Waals surface area contributed by atoms with E-state index >= 15 is 0 Å². The lowest BCUT2D eigenvalue weighted by Crippen LogP contribution is -2.42. The molecule has 0 spiro atoms. The lowest BCUT2D eigenvalue weighted by molar-refractivity contribution is 0.0505. The molecule has 0 unspecified atom stereocenters. The highest BCUT2D eigenvalue weighted by atomic mass is 19.1. The van der Waals surface area contributed by atoms with Crippen LogP contribution in [-0.4, -0.2) is 71.5 Å². The van der Waals surface area contributed by atoms with Gasteiger partial charge in [-0.3, -0.25) is 0 Å². The first-order valence-corrected chi connectivity index (χ1v) is 11.0. The molecule has 0 radical (unpaired) electrons. The topological polar surface area (TPSA) is 111 Å². The van der Waals surface area contributed by atoms with Crippen molar-refractivity contribution in [1.29, 1.82) is 0 Å². The van der Waals surface area contributed by atoms with Gasteiger partial charge in [-0.05, 0) is 32.9 Å². The van der Waals surface area contributed by atoms with Gasteiger partial charge in [-0.15, -0.1) is 0 Å². The van der Waals surface area contributed by atoms with E-state index in [4.69, 9.17) is 14.2 Å². The predicted octanol–water partition coefficient (Wildman–Crippen LogP) is 3.51. The molecule has 1 amide bonds. The number of halogens is 1. The van der Waals surface area contributed by atoms with Crippen molar-refractivity contribution in [2.24, 2.45) is 0 Å². The number of carbonyl (C=O) groups excluding carboxylic acids is 1. The second-order valence-electron chi connectivity index (χ2n) is 7.97. The van der Waals surface area contributed by atoms with Crippen molar-refractivity contribution in [3.8, 4) is 5.88 Å². The molecule has 10 nitrogen and oxygen atoms in total. The SMILES string of the molecule is COCCNc1ccc(Nc2ncnc(OC3CCN(C(=O)OC(C)C)CC3)c2C)c(F)n1. The molecular formula is C22H31FN6O4. The minimum absolute atomic E-state index is 0.0922. The summed E-state index contributed by atoms with van der Waals surface area (Å²) in [6, 6.07) is 3.26. The van der Waals surface area contributed by atoms with E-state index in [2.05, 4.69) is 25.6 Å². The Morgan fingerprint density at radius 1 is 1.27 bits per heavy atom. The van der Waals surface area contributed by atoms with Gasteiger partial charge in [0.1, 0.15) is 24.1 Å². The maximum absolute atomic E-state index is 14.5. The van der Waals surface area contributed by atoms with Gasteiger partial charge in [0.2, 0.25) is 11.8 Å². The van der Waals surface area contributed by atoms with E-state index < -0.39 is 5.95 Å². The van der Waals surface area contributed by atoms with Crippen LogP contribution in [0.5, 0.6) is 5.88 Å². The van der Waals surface area contributed by atoms with E-state index in [9.17, 15) is 9.18 Å². The smallest absolute Gasteiger partial charge is 0.410 e. The van der Waals surface area contributed by atoms with Gasteiger partial charge in [-0.1, -0.05) is 0 Å². The van der Waals surface area contributed by atoms with Gasteiger partial charge < -0.3 is 29.7 Å². The fourth-order valence-corrected chi connectivity index (χ4v) is 3.30. The largest absolute Gasteiger partial charge is 0.474 e. The molecule has 0 aliphatic carbocycles. The van der Waals surface area contributed by atoms with Crippen LogP contribution >= 0.6 is 0 Å². The number of piperidine rings is 1. The molecule has 2 N–H and O–H groups in total. The Labute approximate surface area is 192 Å². The zero-order chi connectivity index (χ0) is 23.8. The Balaban J connectivity index is 1.59. The van der Waals surface area contributed by atoms with Crippen molar-refractivity contribution >= 4 is 23.4 Å². The fraction of sp³-hybridized carbons (Fsp3) is 0.545. The summed E-state index contributed by atoms with van der Waals surface area (Å²) in [6.45, 7) is 7.58. The molecule has 1 aliphatic rings. The van der Waals surface area contributed by atoms with Gasteiger partial charge in [0, 0.05) is 39.6 Å². The second-order valence-corrected chi connectivity index (χ2v) is 7.97. The summed E-state index contributed by atoms with van der Waals surface area (Å²) in [5.74, 6) is 0.612. The normalized spacial score (nSPS) is 14.3. The van der Waals surface area contributed by atoms with E-state index in [1.807, 2.05) is 13.8 Å². The van der Waals surface area contributed by atoms with E-state index in [0.29, 0.717) is 62.2 Å². The lowest BCUT2D eigenvalue weighted by Gasteiger charge is -2.32. The number of anilines is 3. The van der Waals surface area contributed by atoms with Gasteiger partial charge in [0.05, 0.1) is 24.0 Å². The first-order valence-electron chi connectivity index (χ1n) is 11.0. The lowest BCUT2D eigenvalue weighted by atomic mass is 10.1. The molecule has 2 aromatic rings. The molecule has 0 bridgehead atoms. The molecule has 0 aromatic carbocycles. The Hall–Kier alpha value is -3.21. The molecular weight excluding hydrogens is 431 g/mol. The van der Waals surface area contributed by atoms with Gasteiger partial charge >= 0.3 is 6.09 Å². The number of nitrogens with zero attached hydrogens (tertiary/aromatic N) is 4. The number of ether oxygens (including phenoxy) is 3. The van der Waals surface area contributed by atoms with Gasteiger partial charge in [0.15, 0.2) is 0 Å². The summed E-state index contributed by atoms with van der Waals surface area (Å²) >= 11 is 0. The van der Waals surface area contributed by atoms with Crippen LogP contribution in [0.3, 0.4) is 0 Å². The number of hydrogen-bond donors (Lipinski definition) is 2. The quantitative estimate of drug-likeness (QED) is 0.427. The molecule has 0 saturated carbocycles. The maximum Gasteiger partial charge on any atom is 0.410 e. The summed E-state index contributed by atoms with van der Waals surface area (Å²) in [6.07, 6.45) is 2.15. The zero-order valence-corrected chi connectivity index (χ0v) is 19.4. The molecule has 3 heterocycles. The number of pyridine rings is 1. The number of rotatable bonds is 9. The van der Waals surface area contributed by atoms with Crippen LogP contribution in [0.2, 0.25) is 0 Å². The third-order valence-electron chi connectivity index (χ3n) is 5.07. The minimum Gasteiger partial charge on any atom is -0.474 e. The summed E-state index contributed by atoms with van der Waals surface area (Å²) < 4.78 is 30.8. The zero-order valence-electron chi connectivity index (χ0n) is 19.4. The Morgan fingerprint density at radius 3 is 2.70 bits per heavy atom. The Kier molecular flexibility index (Phi) is 8.58. The van der Waals surface area contributed by atoms with Gasteiger partial charge in [0.25, 0.3) is 0 Å². The number of methoxy groups -OCH3 is 1. The van der Waals surface area contributed by atoms with Gasteiger partial charge in [-0.25, -0.2) is 19.7 Å². The van der Waals surface area contributed by atoms with Crippen LogP contribution in [0.4, 0.5) is 26.5 Å². The number of amides is 1. The third-order valence-corrected chi connectivity index (χ3v) is 5.07. The molecule has 180 valence electrons. The number of nitrogens with one attached hydrogen (secondary N) is 2. The standard InChI is InChI=1S/C22H31FN6O4/c1-14(2)32-22(30)29-10-7-16(8-11-29)33-21-15(3)20(25-13-26-21)27-17-5-6-18(28-19(17)23)24-9-12-31-4/h5-6,13-14,16H,7-12H2,1-4H3,(H,24,28)(H,25,26,27). The van der Waals surface area contributed by atoms with Crippen molar-refractivity contribution in [2.45, 2.75) is 45.8 Å². The van der Waals surface area contributed by atoms with Crippen LogP contribution < -0.4 is 15.4 Å². The van der Waals surface area contributed by atoms with E-state index in [-0.39, 0.29) is 24.0 Å². The van der Waals surface area contributed by atoms with Crippen LogP contribution in [0.15, 0.2) is 18.5 Å². The van der Waals surface area contributed by atoms with E-state index in [0.717, 1.165) is 0 Å². The summed E-state index contributed by atoms with van der Waals surface area (Å²) in [5.41, 5.74) is 0.845. The Morgan fingerprint density at radius 2 is 2.03 bits per heavy atom. The average Bonchev–Trinajstić information content (AvgIpc) is 2.78. The van der Waals surface area contributed by atoms with Crippen molar-refractivity contribution in [3.05, 3.63) is 30.0 Å². The van der Waals surface area contributed by atoms with Crippen molar-refractivity contribution in [2.75, 3.05) is 44.0 Å². The second kappa shape index (κ2) is 11.6. The average molecular weight is 463 g/mol. The summed E-state index contributed by atoms with van der Waals surface area (Å²) in [5, 5.41) is 5.94. The van der Waals surface area contributed by atoms with Crippen LogP contribution in [0, 0.1) is 12.9 Å². The molecule has 11 heteroatoms. The molecule has 1 aliphatic heterocycles. The molecule has 33 heavy (non-hydrogen) atoms. The number of likely N-dealkylation sites (tertiary alicyclic amines) is 1. The third kappa shape index (κ3) is 6.88. The Bertz CT molecular complexity index is 937. The van der Waals surface area contributed by atoms with E-state index in [1.54, 1.807) is 31.1 Å². The maximum atomic E-state index is 14.5. The fourth-order valence-electron chi connectivity index (χ4n) is 3.30. The molecule has 3 rings (SSSR count). The predicted molar refractivity (Wildman–Crippen MR) is 121 cm³/mol. The highest BCUT2D eigenvalue weighted by Gasteiger charge is 2.26. The van der Waals surface area contributed by atoms with Crippen LogP contribution in [0.1, 0.15) is 32.3 Å². The van der Waals surface area contributed by atoms with Crippen molar-refractivity contribution in [1.82, 2.24) is 19.9 Å². The minimum atomic E-state index is -0.654. The van der Waals surface area contributed by atoms with Crippen LogP contribution in [-0.2, 0) is 9.47 Å². The number of aromatic nitrogens is 3. The summed E-state index contributed by atoms with van der Waals surface area (Å²) in [4.78, 5) is 26.1. The van der Waals surface area contributed by atoms with Crippen LogP contribution in [0.25, 0.3) is 0 Å². The van der Waals surface area contributed by atoms with Crippen molar-refractivity contribution in [3.63, 3.8) is 0 Å². The molecule has 2 aromatic heterocycles. The first kappa shape index (κ1) is 24.4. The van der Waals surface area contributed by atoms with Gasteiger partial charge in [-0.2, -0.15) is 4.39 Å². The number of hydrogen-bond acceptors (Lipinski definition) is 9.